The maximum absolute atomic E-state index is 5.14. The maximum Gasteiger partial charge on any atom is 0.228 e. The van der Waals surface area contributed by atoms with E-state index in [2.05, 4.69) is 77.8 Å². The van der Waals surface area contributed by atoms with Crippen molar-refractivity contribution in [2.45, 2.75) is 45.7 Å². The van der Waals surface area contributed by atoms with Gasteiger partial charge in [-0.1, -0.05) is 33.2 Å². The van der Waals surface area contributed by atoms with Crippen molar-refractivity contribution >= 4 is 21.9 Å². The molecule has 2 N–H and O–H groups in total. The third-order valence-electron chi connectivity index (χ3n) is 4.76. The third-order valence-corrected chi connectivity index (χ3v) is 5.29. The number of nitrogens with one attached hydrogen (secondary N) is 2. The number of hydrogen-bond donors (Lipinski definition) is 2. The normalized spacial score (nSPS) is 16.3. The van der Waals surface area contributed by atoms with Crippen molar-refractivity contribution in [1.29, 1.82) is 0 Å². The molecule has 0 spiro atoms. The van der Waals surface area contributed by atoms with Crippen molar-refractivity contribution in [3.8, 4) is 0 Å². The molecule has 0 radical (unpaired) electrons. The van der Waals surface area contributed by atoms with Crippen molar-refractivity contribution in [3.05, 3.63) is 46.0 Å². The van der Waals surface area contributed by atoms with E-state index in [1.807, 2.05) is 6.92 Å². The smallest absolute Gasteiger partial charge is 0.228 e. The summed E-state index contributed by atoms with van der Waals surface area (Å²) in [6.07, 6.45) is 2.89. The van der Waals surface area contributed by atoms with Gasteiger partial charge in [-0.15, -0.1) is 0 Å². The number of rotatable bonds is 7. The highest BCUT2D eigenvalue weighted by Gasteiger charge is 2.20. The van der Waals surface area contributed by atoms with E-state index in [0.29, 0.717) is 30.7 Å². The first-order valence-electron chi connectivity index (χ1n) is 9.93. The van der Waals surface area contributed by atoms with Crippen LogP contribution in [0, 0.1) is 6.92 Å². The Bertz CT molecular complexity index is 752. The van der Waals surface area contributed by atoms with Crippen LogP contribution >= 0.6 is 15.9 Å². The van der Waals surface area contributed by atoms with Gasteiger partial charge in [-0.05, 0) is 44.4 Å². The first-order chi connectivity index (χ1) is 13.6. The highest BCUT2D eigenvalue weighted by Crippen LogP contribution is 2.16. The van der Waals surface area contributed by atoms with Crippen LogP contribution < -0.4 is 10.6 Å². The molecular formula is C20H29BrN6O. The van der Waals surface area contributed by atoms with E-state index >= 15 is 0 Å². The zero-order valence-corrected chi connectivity index (χ0v) is 18.2. The van der Waals surface area contributed by atoms with E-state index in [1.54, 1.807) is 0 Å². The van der Waals surface area contributed by atoms with Gasteiger partial charge >= 0.3 is 0 Å². The number of piperidine rings is 1. The van der Waals surface area contributed by atoms with E-state index in [1.165, 1.54) is 5.56 Å². The Morgan fingerprint density at radius 3 is 2.68 bits per heavy atom. The number of benzene rings is 1. The Morgan fingerprint density at radius 1 is 1.29 bits per heavy atom. The van der Waals surface area contributed by atoms with Gasteiger partial charge in [0, 0.05) is 43.1 Å². The minimum atomic E-state index is 0.449. The number of aliphatic imine (C=N–C) groups is 1. The van der Waals surface area contributed by atoms with E-state index in [9.17, 15) is 0 Å². The fourth-order valence-corrected chi connectivity index (χ4v) is 3.57. The highest BCUT2D eigenvalue weighted by molar-refractivity contribution is 9.10. The molecule has 0 saturated carbocycles. The molecule has 1 aromatic heterocycles. The van der Waals surface area contributed by atoms with Crippen LogP contribution in [0.3, 0.4) is 0 Å². The molecule has 3 rings (SSSR count). The van der Waals surface area contributed by atoms with Crippen LogP contribution in [0.15, 0.2) is 38.3 Å². The van der Waals surface area contributed by atoms with Crippen molar-refractivity contribution in [2.24, 2.45) is 4.99 Å². The molecule has 2 aromatic rings. The Kier molecular flexibility index (Phi) is 7.85. The molecule has 1 aliphatic heterocycles. The first kappa shape index (κ1) is 20.8. The van der Waals surface area contributed by atoms with Crippen LogP contribution in [0.2, 0.25) is 0 Å². The summed E-state index contributed by atoms with van der Waals surface area (Å²) >= 11 is 3.50. The van der Waals surface area contributed by atoms with Crippen molar-refractivity contribution in [1.82, 2.24) is 25.7 Å². The molecule has 0 bridgehead atoms. The Morgan fingerprint density at radius 2 is 2.04 bits per heavy atom. The average molecular weight is 449 g/mol. The highest BCUT2D eigenvalue weighted by atomic mass is 79.9. The fourth-order valence-electron chi connectivity index (χ4n) is 3.30. The Balaban J connectivity index is 1.44. The summed E-state index contributed by atoms with van der Waals surface area (Å²) in [5, 5.41) is 10.7. The molecule has 1 aromatic carbocycles. The van der Waals surface area contributed by atoms with Gasteiger partial charge in [0.25, 0.3) is 0 Å². The number of halogens is 1. The molecular weight excluding hydrogens is 420 g/mol. The zero-order chi connectivity index (χ0) is 19.8. The lowest BCUT2D eigenvalue weighted by Gasteiger charge is -2.33. The molecule has 28 heavy (non-hydrogen) atoms. The van der Waals surface area contributed by atoms with Gasteiger partial charge in [0.2, 0.25) is 5.89 Å². The largest absolute Gasteiger partial charge is 0.357 e. The molecule has 152 valence electrons. The molecule has 1 fully saturated rings. The summed E-state index contributed by atoms with van der Waals surface area (Å²) in [6, 6.07) is 9.05. The summed E-state index contributed by atoms with van der Waals surface area (Å²) in [5.74, 6) is 2.17. The van der Waals surface area contributed by atoms with E-state index in [0.717, 1.165) is 49.5 Å². The van der Waals surface area contributed by atoms with Gasteiger partial charge in [-0.3, -0.25) is 9.89 Å². The van der Waals surface area contributed by atoms with Gasteiger partial charge in [-0.2, -0.15) is 4.98 Å². The van der Waals surface area contributed by atoms with Crippen molar-refractivity contribution in [2.75, 3.05) is 26.2 Å². The fraction of sp³-hybridized carbons (Fsp3) is 0.550. The zero-order valence-electron chi connectivity index (χ0n) is 16.6. The van der Waals surface area contributed by atoms with Gasteiger partial charge in [0.1, 0.15) is 0 Å². The molecule has 0 unspecified atom stereocenters. The van der Waals surface area contributed by atoms with Gasteiger partial charge in [0.15, 0.2) is 11.8 Å². The maximum atomic E-state index is 5.14. The lowest BCUT2D eigenvalue weighted by Crippen LogP contribution is -2.48. The van der Waals surface area contributed by atoms with Crippen LogP contribution in [0.4, 0.5) is 0 Å². The second-order valence-electron chi connectivity index (χ2n) is 7.07. The van der Waals surface area contributed by atoms with Crippen molar-refractivity contribution in [3.63, 3.8) is 0 Å². The third kappa shape index (κ3) is 6.60. The van der Waals surface area contributed by atoms with Crippen molar-refractivity contribution < 1.29 is 4.52 Å². The minimum Gasteiger partial charge on any atom is -0.357 e. The van der Waals surface area contributed by atoms with E-state index < -0.39 is 0 Å². The Hall–Kier alpha value is -1.93. The summed E-state index contributed by atoms with van der Waals surface area (Å²) in [6.45, 7) is 8.57. The van der Waals surface area contributed by atoms with Gasteiger partial charge in [-0.25, -0.2) is 0 Å². The molecule has 0 aliphatic carbocycles. The SMILES string of the molecule is CCNC(=NCCc1nc(C)no1)NC1CCN(Cc2ccc(Br)cc2)CC1. The summed E-state index contributed by atoms with van der Waals surface area (Å²) in [5.41, 5.74) is 1.36. The molecule has 0 amide bonds. The van der Waals surface area contributed by atoms with Crippen LogP contribution in [0.1, 0.15) is 37.0 Å². The second kappa shape index (κ2) is 10.6. The molecule has 7 nitrogen and oxygen atoms in total. The summed E-state index contributed by atoms with van der Waals surface area (Å²) in [4.78, 5) is 11.4. The van der Waals surface area contributed by atoms with E-state index in [-0.39, 0.29) is 0 Å². The number of hydrogen-bond acceptors (Lipinski definition) is 5. The topological polar surface area (TPSA) is 78.6 Å². The van der Waals surface area contributed by atoms with Gasteiger partial charge in [0.05, 0.1) is 6.54 Å². The summed E-state index contributed by atoms with van der Waals surface area (Å²) in [7, 11) is 0. The number of aryl methyl sites for hydroxylation is 1. The number of likely N-dealkylation sites (tertiary alicyclic amines) is 1. The quantitative estimate of drug-likeness (QED) is 0.500. The van der Waals surface area contributed by atoms with Crippen LogP contribution in [-0.2, 0) is 13.0 Å². The molecule has 1 saturated heterocycles. The Labute approximate surface area is 175 Å². The lowest BCUT2D eigenvalue weighted by atomic mass is 10.0. The van der Waals surface area contributed by atoms with Crippen LogP contribution in [0.5, 0.6) is 0 Å². The first-order valence-corrected chi connectivity index (χ1v) is 10.7. The number of aromatic nitrogens is 2. The summed E-state index contributed by atoms with van der Waals surface area (Å²) < 4.78 is 6.27. The minimum absolute atomic E-state index is 0.449. The molecule has 1 aliphatic rings. The number of nitrogens with zero attached hydrogens (tertiary/aromatic N) is 4. The van der Waals surface area contributed by atoms with Crippen LogP contribution in [0.25, 0.3) is 0 Å². The predicted octanol–water partition coefficient (Wildman–Crippen LogP) is 2.90. The average Bonchev–Trinajstić information content (AvgIpc) is 3.10. The second-order valence-corrected chi connectivity index (χ2v) is 7.98. The van der Waals surface area contributed by atoms with E-state index in [4.69, 9.17) is 4.52 Å². The number of guanidine groups is 1. The predicted molar refractivity (Wildman–Crippen MR) is 114 cm³/mol. The molecule has 8 heteroatoms. The monoisotopic (exact) mass is 448 g/mol. The molecule has 0 atom stereocenters. The van der Waals surface area contributed by atoms with Gasteiger partial charge < -0.3 is 15.2 Å². The standard InChI is InChI=1S/C20H29BrN6O/c1-3-22-20(23-11-8-19-24-15(2)26-28-19)25-18-9-12-27(13-10-18)14-16-4-6-17(21)7-5-16/h4-7,18H,3,8-14H2,1-2H3,(H2,22,23,25). The lowest BCUT2D eigenvalue weighted by molar-refractivity contribution is 0.198. The molecule has 2 heterocycles. The van der Waals surface area contributed by atoms with Crippen LogP contribution in [-0.4, -0.2) is 53.2 Å².